The second-order valence-electron chi connectivity index (χ2n) is 3.95. The Hall–Kier alpha value is -1.33. The summed E-state index contributed by atoms with van der Waals surface area (Å²) in [4.78, 5) is 4.20. The Labute approximate surface area is 105 Å². The highest BCUT2D eigenvalue weighted by Gasteiger charge is 2.17. The first kappa shape index (κ1) is 12.1. The maximum Gasteiger partial charge on any atom is 0.0970 e. The molecule has 0 radical (unpaired) electrons. The van der Waals surface area contributed by atoms with Crippen LogP contribution < -0.4 is 5.32 Å². The molecule has 0 aliphatic rings. The lowest BCUT2D eigenvalue weighted by molar-refractivity contribution is 0.581. The van der Waals surface area contributed by atoms with Crippen LogP contribution in [-0.4, -0.2) is 21.1 Å². The fourth-order valence-electron chi connectivity index (χ4n) is 1.74. The average Bonchev–Trinajstić information content (AvgIpc) is 2.85. The quantitative estimate of drug-likeness (QED) is 0.882. The zero-order valence-electron chi connectivity index (χ0n) is 10.1. The Morgan fingerprint density at radius 3 is 3.00 bits per heavy atom. The van der Waals surface area contributed by atoms with Crippen LogP contribution in [0.5, 0.6) is 0 Å². The largest absolute Gasteiger partial charge is 0.305 e. The number of pyridine rings is 1. The highest BCUT2D eigenvalue weighted by molar-refractivity contribution is 7.03. The van der Waals surface area contributed by atoms with Crippen LogP contribution in [0.15, 0.2) is 23.8 Å². The van der Waals surface area contributed by atoms with E-state index in [1.54, 1.807) is 0 Å². The molecule has 0 amide bonds. The van der Waals surface area contributed by atoms with Crippen molar-refractivity contribution >= 4 is 11.5 Å². The lowest BCUT2D eigenvalue weighted by atomic mass is 10.0. The Balaban J connectivity index is 2.30. The first-order chi connectivity index (χ1) is 8.33. The van der Waals surface area contributed by atoms with E-state index in [9.17, 15) is 0 Å². The average molecular weight is 248 g/mol. The summed E-state index contributed by atoms with van der Waals surface area (Å²) < 4.78 is 3.94. The highest BCUT2D eigenvalue weighted by Crippen LogP contribution is 2.23. The van der Waals surface area contributed by atoms with Crippen molar-refractivity contribution in [1.82, 2.24) is 19.9 Å². The molecule has 2 aromatic heterocycles. The number of nitrogens with one attached hydrogen (secondary N) is 1. The summed E-state index contributed by atoms with van der Waals surface area (Å²) in [6.07, 6.45) is 4.81. The lowest BCUT2D eigenvalue weighted by Gasteiger charge is -2.17. The van der Waals surface area contributed by atoms with Crippen LogP contribution >= 0.6 is 11.5 Å². The van der Waals surface area contributed by atoms with Gasteiger partial charge in [0.25, 0.3) is 0 Å². The minimum atomic E-state index is 0.0994. The van der Waals surface area contributed by atoms with Crippen molar-refractivity contribution in [3.8, 4) is 0 Å². The molecule has 2 aromatic rings. The van der Waals surface area contributed by atoms with Gasteiger partial charge in [-0.15, -0.1) is 5.10 Å². The van der Waals surface area contributed by atoms with Crippen LogP contribution in [0.25, 0.3) is 0 Å². The molecule has 2 heterocycles. The summed E-state index contributed by atoms with van der Waals surface area (Å²) in [5, 5.41) is 9.64. The minimum absolute atomic E-state index is 0.0994. The molecule has 0 saturated heterocycles. The fraction of sp³-hybridized carbons (Fsp3) is 0.417. The first-order valence-electron chi connectivity index (χ1n) is 5.73. The summed E-state index contributed by atoms with van der Waals surface area (Å²) >= 11 is 1.38. The van der Waals surface area contributed by atoms with Gasteiger partial charge in [-0.2, -0.15) is 0 Å². The van der Waals surface area contributed by atoms with Gasteiger partial charge in [-0.1, -0.05) is 11.4 Å². The molecule has 5 heteroatoms. The molecule has 17 heavy (non-hydrogen) atoms. The molecule has 2 rings (SSSR count). The lowest BCUT2D eigenvalue weighted by Crippen LogP contribution is -2.24. The smallest absolute Gasteiger partial charge is 0.0970 e. The molecular weight excluding hydrogens is 232 g/mol. The maximum atomic E-state index is 4.20. The number of aromatic nitrogens is 3. The van der Waals surface area contributed by atoms with Crippen molar-refractivity contribution in [2.45, 2.75) is 26.3 Å². The number of hydrogen-bond donors (Lipinski definition) is 1. The molecular formula is C12H16N4S. The molecule has 0 aliphatic heterocycles. The molecule has 0 saturated carbocycles. The molecule has 0 aliphatic carbocycles. The Morgan fingerprint density at radius 1 is 1.47 bits per heavy atom. The second-order valence-corrected chi connectivity index (χ2v) is 4.56. The van der Waals surface area contributed by atoms with Crippen molar-refractivity contribution in [3.63, 3.8) is 0 Å². The Morgan fingerprint density at radius 2 is 2.35 bits per heavy atom. The standard InChI is InChI=1S/C12H16N4S/c1-3-5-14-12(11-8-17-16-15-11)10-7-13-6-4-9(10)2/h4,6-8,12,14H,3,5H2,1-2H3. The van der Waals surface area contributed by atoms with E-state index in [1.807, 2.05) is 23.8 Å². The van der Waals surface area contributed by atoms with Crippen LogP contribution in [0, 0.1) is 6.92 Å². The molecule has 1 atom stereocenters. The van der Waals surface area contributed by atoms with Gasteiger partial charge in [-0.05, 0) is 48.6 Å². The van der Waals surface area contributed by atoms with Gasteiger partial charge in [0.1, 0.15) is 0 Å². The van der Waals surface area contributed by atoms with Gasteiger partial charge in [0.15, 0.2) is 0 Å². The van der Waals surface area contributed by atoms with E-state index in [4.69, 9.17) is 0 Å². The minimum Gasteiger partial charge on any atom is -0.305 e. The zero-order chi connectivity index (χ0) is 12.1. The second kappa shape index (κ2) is 5.84. The third kappa shape index (κ3) is 2.87. The van der Waals surface area contributed by atoms with E-state index in [2.05, 4.69) is 33.7 Å². The summed E-state index contributed by atoms with van der Waals surface area (Å²) in [5.74, 6) is 0. The zero-order valence-corrected chi connectivity index (χ0v) is 10.9. The van der Waals surface area contributed by atoms with Gasteiger partial charge in [-0.3, -0.25) is 4.98 Å². The monoisotopic (exact) mass is 248 g/mol. The van der Waals surface area contributed by atoms with E-state index in [0.717, 1.165) is 18.7 Å². The maximum absolute atomic E-state index is 4.20. The highest BCUT2D eigenvalue weighted by atomic mass is 32.1. The first-order valence-corrected chi connectivity index (χ1v) is 6.57. The Kier molecular flexibility index (Phi) is 4.17. The number of nitrogens with zero attached hydrogens (tertiary/aromatic N) is 3. The van der Waals surface area contributed by atoms with Gasteiger partial charge in [0, 0.05) is 17.8 Å². The number of aryl methyl sites for hydroxylation is 1. The molecule has 90 valence electrons. The molecule has 0 fully saturated rings. The number of hydrogen-bond acceptors (Lipinski definition) is 5. The van der Waals surface area contributed by atoms with Crippen LogP contribution in [0.1, 0.15) is 36.2 Å². The number of rotatable bonds is 5. The van der Waals surface area contributed by atoms with E-state index in [-0.39, 0.29) is 6.04 Å². The molecule has 0 bridgehead atoms. The molecule has 0 aromatic carbocycles. The molecule has 1 N–H and O–H groups in total. The van der Waals surface area contributed by atoms with Crippen molar-refractivity contribution in [2.75, 3.05) is 6.54 Å². The van der Waals surface area contributed by atoms with Crippen LogP contribution in [-0.2, 0) is 0 Å². The normalized spacial score (nSPS) is 12.6. The topological polar surface area (TPSA) is 50.7 Å². The van der Waals surface area contributed by atoms with Gasteiger partial charge in [0.2, 0.25) is 0 Å². The summed E-state index contributed by atoms with van der Waals surface area (Å²) in [5.41, 5.74) is 3.37. The third-order valence-electron chi connectivity index (χ3n) is 2.66. The predicted octanol–water partition coefficient (Wildman–Crippen LogP) is 2.33. The van der Waals surface area contributed by atoms with Gasteiger partial charge >= 0.3 is 0 Å². The van der Waals surface area contributed by atoms with Crippen LogP contribution in [0.2, 0.25) is 0 Å². The van der Waals surface area contributed by atoms with Gasteiger partial charge < -0.3 is 5.32 Å². The van der Waals surface area contributed by atoms with Crippen molar-refractivity contribution in [1.29, 1.82) is 0 Å². The van der Waals surface area contributed by atoms with E-state index in [1.165, 1.54) is 22.7 Å². The van der Waals surface area contributed by atoms with Gasteiger partial charge in [0.05, 0.1) is 11.7 Å². The summed E-state index contributed by atoms with van der Waals surface area (Å²) in [7, 11) is 0. The SMILES string of the molecule is CCCNC(c1csnn1)c1cnccc1C. The molecule has 4 nitrogen and oxygen atoms in total. The summed E-state index contributed by atoms with van der Waals surface area (Å²) in [6.45, 7) is 5.20. The molecule has 1 unspecified atom stereocenters. The van der Waals surface area contributed by atoms with E-state index >= 15 is 0 Å². The van der Waals surface area contributed by atoms with E-state index in [0.29, 0.717) is 0 Å². The van der Waals surface area contributed by atoms with Crippen LogP contribution in [0.4, 0.5) is 0 Å². The Bertz CT molecular complexity index is 455. The van der Waals surface area contributed by atoms with Crippen LogP contribution in [0.3, 0.4) is 0 Å². The summed E-state index contributed by atoms with van der Waals surface area (Å²) in [6, 6.07) is 2.12. The van der Waals surface area contributed by atoms with Crippen molar-refractivity contribution in [3.05, 3.63) is 40.7 Å². The van der Waals surface area contributed by atoms with Gasteiger partial charge in [-0.25, -0.2) is 0 Å². The fourth-order valence-corrected chi connectivity index (χ4v) is 2.22. The predicted molar refractivity (Wildman–Crippen MR) is 69.0 cm³/mol. The van der Waals surface area contributed by atoms with Crippen molar-refractivity contribution < 1.29 is 0 Å². The third-order valence-corrected chi connectivity index (χ3v) is 3.18. The molecule has 0 spiro atoms. The van der Waals surface area contributed by atoms with E-state index < -0.39 is 0 Å². The van der Waals surface area contributed by atoms with Crippen molar-refractivity contribution in [2.24, 2.45) is 0 Å².